The van der Waals surface area contributed by atoms with Crippen molar-refractivity contribution < 1.29 is 45.0 Å². The summed E-state index contributed by atoms with van der Waals surface area (Å²) in [6.07, 6.45) is -10.3. The Hall–Kier alpha value is -3.61. The van der Waals surface area contributed by atoms with E-state index in [9.17, 15) is 35.5 Å². The molecular formula is C24H24F7N3O3. The van der Waals surface area contributed by atoms with Gasteiger partial charge in [-0.1, -0.05) is 0 Å². The molecule has 0 bridgehead atoms. The molecule has 0 atom stereocenters. The van der Waals surface area contributed by atoms with Crippen LogP contribution in [-0.4, -0.2) is 38.6 Å². The molecule has 0 saturated heterocycles. The number of nitrogens with zero attached hydrogens (tertiary/aromatic N) is 2. The standard InChI is InChI=1S/C24H24F7N3O3/c1-14(2)36-9-8-33-13-15(12-32)19-10-16(23(26,27)28)11-20(24(29,30)31)21(19)37-22(35)34(3)18-6-4-17(25)5-7-18/h4-7,10-14H,8-9,32H2,1-3H3. The number of ether oxygens (including phenoxy) is 2. The lowest BCUT2D eigenvalue weighted by Crippen LogP contribution is -2.30. The molecule has 37 heavy (non-hydrogen) atoms. The number of rotatable bonds is 8. The maximum absolute atomic E-state index is 13.9. The van der Waals surface area contributed by atoms with Gasteiger partial charge in [-0.25, -0.2) is 9.18 Å². The lowest BCUT2D eigenvalue weighted by Gasteiger charge is -2.22. The van der Waals surface area contributed by atoms with Gasteiger partial charge in [0, 0.05) is 36.3 Å². The second-order valence-electron chi connectivity index (χ2n) is 7.88. The molecule has 2 N–H and O–H groups in total. The quantitative estimate of drug-likeness (QED) is 0.245. The highest BCUT2D eigenvalue weighted by molar-refractivity contribution is 6.11. The molecule has 0 aliphatic heterocycles. The third-order valence-corrected chi connectivity index (χ3v) is 4.79. The Balaban J connectivity index is 2.60. The monoisotopic (exact) mass is 535 g/mol. The summed E-state index contributed by atoms with van der Waals surface area (Å²) in [5, 5.41) is 0. The summed E-state index contributed by atoms with van der Waals surface area (Å²) >= 11 is 0. The van der Waals surface area contributed by atoms with Crippen LogP contribution in [0.15, 0.2) is 47.6 Å². The molecule has 0 aliphatic rings. The van der Waals surface area contributed by atoms with Crippen molar-refractivity contribution in [2.45, 2.75) is 32.3 Å². The number of carbonyl (C=O) groups is 1. The average molecular weight is 535 g/mol. The van der Waals surface area contributed by atoms with Gasteiger partial charge in [0.1, 0.15) is 5.82 Å². The molecule has 2 aromatic rings. The third-order valence-electron chi connectivity index (χ3n) is 4.79. The van der Waals surface area contributed by atoms with Crippen LogP contribution in [0.3, 0.4) is 0 Å². The van der Waals surface area contributed by atoms with Crippen LogP contribution in [0.1, 0.15) is 30.5 Å². The van der Waals surface area contributed by atoms with E-state index in [1.54, 1.807) is 13.8 Å². The van der Waals surface area contributed by atoms with Gasteiger partial charge in [-0.05, 0) is 50.2 Å². The Morgan fingerprint density at radius 3 is 2.22 bits per heavy atom. The van der Waals surface area contributed by atoms with Crippen molar-refractivity contribution in [3.8, 4) is 5.75 Å². The number of hydrogen-bond acceptors (Lipinski definition) is 5. The second kappa shape index (κ2) is 12.1. The van der Waals surface area contributed by atoms with Gasteiger partial charge in [0.2, 0.25) is 0 Å². The van der Waals surface area contributed by atoms with Crippen LogP contribution >= 0.6 is 0 Å². The van der Waals surface area contributed by atoms with E-state index in [4.69, 9.17) is 15.2 Å². The predicted molar refractivity (Wildman–Crippen MR) is 124 cm³/mol. The minimum absolute atomic E-state index is 0.0308. The number of amides is 1. The lowest BCUT2D eigenvalue weighted by molar-refractivity contribution is -0.143. The van der Waals surface area contributed by atoms with Gasteiger partial charge in [0.15, 0.2) is 5.75 Å². The van der Waals surface area contributed by atoms with Crippen molar-refractivity contribution in [1.82, 2.24) is 0 Å². The molecule has 0 spiro atoms. The zero-order chi connectivity index (χ0) is 28.0. The maximum atomic E-state index is 13.9. The van der Waals surface area contributed by atoms with Gasteiger partial charge in [-0.2, -0.15) is 26.3 Å². The zero-order valence-electron chi connectivity index (χ0n) is 20.0. The first kappa shape index (κ1) is 29.6. The number of nitrogens with two attached hydrogens (primary N) is 1. The first-order valence-corrected chi connectivity index (χ1v) is 10.7. The van der Waals surface area contributed by atoms with Crippen molar-refractivity contribution in [2.75, 3.05) is 25.1 Å². The Bertz CT molecular complexity index is 1140. The van der Waals surface area contributed by atoms with E-state index in [1.807, 2.05) is 0 Å². The van der Waals surface area contributed by atoms with Gasteiger partial charge in [0.25, 0.3) is 0 Å². The fourth-order valence-electron chi connectivity index (χ4n) is 2.96. The van der Waals surface area contributed by atoms with Crippen molar-refractivity contribution in [3.05, 3.63) is 65.1 Å². The molecule has 202 valence electrons. The van der Waals surface area contributed by atoms with E-state index < -0.39 is 46.7 Å². The maximum Gasteiger partial charge on any atom is 0.420 e. The molecule has 2 aromatic carbocycles. The highest BCUT2D eigenvalue weighted by Crippen LogP contribution is 2.44. The van der Waals surface area contributed by atoms with E-state index in [-0.39, 0.29) is 36.6 Å². The normalized spacial score (nSPS) is 12.9. The van der Waals surface area contributed by atoms with E-state index in [1.165, 1.54) is 0 Å². The largest absolute Gasteiger partial charge is 0.420 e. The molecule has 0 heterocycles. The molecule has 0 unspecified atom stereocenters. The molecule has 0 saturated carbocycles. The Morgan fingerprint density at radius 1 is 1.08 bits per heavy atom. The van der Waals surface area contributed by atoms with Crippen LogP contribution in [0.2, 0.25) is 0 Å². The molecule has 13 heteroatoms. The summed E-state index contributed by atoms with van der Waals surface area (Å²) in [5.41, 5.74) is 0.942. The van der Waals surface area contributed by atoms with Crippen molar-refractivity contribution in [1.29, 1.82) is 0 Å². The summed E-state index contributed by atoms with van der Waals surface area (Å²) < 4.78 is 106. The summed E-state index contributed by atoms with van der Waals surface area (Å²) in [4.78, 5) is 17.4. The highest BCUT2D eigenvalue weighted by Gasteiger charge is 2.41. The van der Waals surface area contributed by atoms with Crippen molar-refractivity contribution in [3.63, 3.8) is 0 Å². The van der Waals surface area contributed by atoms with Crippen molar-refractivity contribution in [2.24, 2.45) is 10.7 Å². The minimum atomic E-state index is -5.35. The third kappa shape index (κ3) is 8.20. The fourth-order valence-corrected chi connectivity index (χ4v) is 2.96. The first-order valence-electron chi connectivity index (χ1n) is 10.7. The number of alkyl halides is 6. The second-order valence-corrected chi connectivity index (χ2v) is 7.88. The molecule has 0 fully saturated rings. The highest BCUT2D eigenvalue weighted by atomic mass is 19.4. The summed E-state index contributed by atoms with van der Waals surface area (Å²) in [5.74, 6) is -1.84. The number of aliphatic imine (C=N–C) groups is 1. The van der Waals surface area contributed by atoms with Crippen LogP contribution in [0.25, 0.3) is 5.57 Å². The number of halogens is 7. The van der Waals surface area contributed by atoms with Crippen LogP contribution < -0.4 is 15.4 Å². The van der Waals surface area contributed by atoms with E-state index in [2.05, 4.69) is 4.99 Å². The van der Waals surface area contributed by atoms with Crippen LogP contribution in [0, 0.1) is 5.82 Å². The molecule has 1 amide bonds. The van der Waals surface area contributed by atoms with Crippen molar-refractivity contribution >= 4 is 23.6 Å². The molecule has 0 radical (unpaired) electrons. The molecule has 0 aliphatic carbocycles. The smallest absolute Gasteiger partial charge is 0.409 e. The summed E-state index contributed by atoms with van der Waals surface area (Å²) in [7, 11) is 1.13. The molecule has 6 nitrogen and oxygen atoms in total. The number of anilines is 1. The number of benzene rings is 2. The number of hydrogen-bond donors (Lipinski definition) is 1. The van der Waals surface area contributed by atoms with Gasteiger partial charge >= 0.3 is 18.4 Å². The SMILES string of the molecule is CC(C)OCCN=CC(=CN)c1cc(C(F)(F)F)cc(C(F)(F)F)c1OC(=O)N(C)c1ccc(F)cc1. The summed E-state index contributed by atoms with van der Waals surface area (Å²) in [6.45, 7) is 3.69. The minimum Gasteiger partial charge on any atom is -0.409 e. The van der Waals surface area contributed by atoms with Gasteiger partial charge in [0.05, 0.1) is 30.4 Å². The van der Waals surface area contributed by atoms with Gasteiger partial charge in [-0.15, -0.1) is 0 Å². The molecule has 0 aromatic heterocycles. The van der Waals surface area contributed by atoms with E-state index in [0.29, 0.717) is 6.07 Å². The first-order chi connectivity index (χ1) is 17.1. The predicted octanol–water partition coefficient (Wildman–Crippen LogP) is 6.29. The van der Waals surface area contributed by atoms with E-state index in [0.717, 1.165) is 48.6 Å². The summed E-state index contributed by atoms with van der Waals surface area (Å²) in [6, 6.07) is 4.53. The Morgan fingerprint density at radius 2 is 1.70 bits per heavy atom. The lowest BCUT2D eigenvalue weighted by atomic mass is 9.98. The fraction of sp³-hybridized carbons (Fsp3) is 0.333. The van der Waals surface area contributed by atoms with Crippen LogP contribution in [-0.2, 0) is 17.1 Å². The topological polar surface area (TPSA) is 77.1 Å². The Labute approximate surface area is 208 Å². The van der Waals surface area contributed by atoms with Crippen LogP contribution in [0.4, 0.5) is 41.2 Å². The molecular weight excluding hydrogens is 511 g/mol. The number of allylic oxidation sites excluding steroid dienone is 1. The Kier molecular flexibility index (Phi) is 9.67. The molecule has 2 rings (SSSR count). The van der Waals surface area contributed by atoms with Crippen LogP contribution in [0.5, 0.6) is 5.75 Å². The number of carbonyl (C=O) groups excluding carboxylic acids is 1. The van der Waals surface area contributed by atoms with Gasteiger partial charge < -0.3 is 15.2 Å². The van der Waals surface area contributed by atoms with E-state index >= 15 is 0 Å². The van der Waals surface area contributed by atoms with Gasteiger partial charge in [-0.3, -0.25) is 9.89 Å². The average Bonchev–Trinajstić information content (AvgIpc) is 2.80. The zero-order valence-corrected chi connectivity index (χ0v) is 20.0.